The Labute approximate surface area is 105 Å². The van der Waals surface area contributed by atoms with E-state index in [4.69, 9.17) is 0 Å². The molecule has 1 heterocycles. The van der Waals surface area contributed by atoms with Gasteiger partial charge < -0.3 is 15.7 Å². The summed E-state index contributed by atoms with van der Waals surface area (Å²) in [7, 11) is 0. The van der Waals surface area contributed by atoms with Crippen molar-refractivity contribution in [2.45, 2.75) is 52.2 Å². The summed E-state index contributed by atoms with van der Waals surface area (Å²) in [5.41, 5.74) is 0.520. The summed E-state index contributed by atoms with van der Waals surface area (Å²) >= 11 is 0. The molecule has 3 heteroatoms. The molecule has 2 aliphatic rings. The van der Waals surface area contributed by atoms with Gasteiger partial charge >= 0.3 is 0 Å². The molecule has 2 fully saturated rings. The molecule has 17 heavy (non-hydrogen) atoms. The van der Waals surface area contributed by atoms with Gasteiger partial charge in [0, 0.05) is 31.6 Å². The van der Waals surface area contributed by atoms with E-state index in [1.54, 1.807) is 0 Å². The van der Waals surface area contributed by atoms with Crippen molar-refractivity contribution < 1.29 is 5.11 Å². The summed E-state index contributed by atoms with van der Waals surface area (Å²) in [6, 6.07) is 0.649. The Morgan fingerprint density at radius 1 is 1.35 bits per heavy atom. The molecule has 1 aliphatic carbocycles. The average molecular weight is 240 g/mol. The van der Waals surface area contributed by atoms with Gasteiger partial charge in [-0.05, 0) is 30.6 Å². The van der Waals surface area contributed by atoms with Crippen molar-refractivity contribution in [3.05, 3.63) is 0 Å². The molecular weight excluding hydrogens is 212 g/mol. The molecule has 4 atom stereocenters. The van der Waals surface area contributed by atoms with Crippen LogP contribution in [0.1, 0.15) is 40.0 Å². The topological polar surface area (TPSA) is 44.3 Å². The molecule has 3 N–H and O–H groups in total. The molecule has 100 valence electrons. The molecule has 1 aliphatic heterocycles. The van der Waals surface area contributed by atoms with Crippen molar-refractivity contribution in [1.29, 1.82) is 0 Å². The highest BCUT2D eigenvalue weighted by Crippen LogP contribution is 2.38. The van der Waals surface area contributed by atoms with E-state index >= 15 is 0 Å². The van der Waals surface area contributed by atoms with Gasteiger partial charge in [-0.25, -0.2) is 0 Å². The van der Waals surface area contributed by atoms with E-state index in [-0.39, 0.29) is 6.10 Å². The lowest BCUT2D eigenvalue weighted by Gasteiger charge is -2.40. The zero-order valence-electron chi connectivity index (χ0n) is 11.5. The van der Waals surface area contributed by atoms with Crippen molar-refractivity contribution in [3.8, 4) is 0 Å². The zero-order valence-corrected chi connectivity index (χ0v) is 11.5. The number of aliphatic hydroxyl groups excluding tert-OH is 1. The third kappa shape index (κ3) is 3.43. The van der Waals surface area contributed by atoms with Gasteiger partial charge in [-0.15, -0.1) is 0 Å². The minimum atomic E-state index is -0.155. The molecule has 2 rings (SSSR count). The average Bonchev–Trinajstić information content (AvgIpc) is 2.62. The van der Waals surface area contributed by atoms with Crippen molar-refractivity contribution in [1.82, 2.24) is 10.6 Å². The molecule has 3 nitrogen and oxygen atoms in total. The fourth-order valence-corrected chi connectivity index (χ4v) is 3.48. The van der Waals surface area contributed by atoms with Crippen LogP contribution in [-0.2, 0) is 0 Å². The normalized spacial score (nSPS) is 41.6. The molecule has 0 spiro atoms. The van der Waals surface area contributed by atoms with Gasteiger partial charge in [0.05, 0.1) is 6.10 Å². The van der Waals surface area contributed by atoms with Gasteiger partial charge in [-0.1, -0.05) is 20.8 Å². The van der Waals surface area contributed by atoms with Crippen molar-refractivity contribution >= 4 is 0 Å². The van der Waals surface area contributed by atoms with Gasteiger partial charge in [0.25, 0.3) is 0 Å². The molecule has 0 aromatic carbocycles. The Kier molecular flexibility index (Phi) is 4.11. The maximum absolute atomic E-state index is 9.76. The maximum atomic E-state index is 9.76. The second-order valence-corrected chi connectivity index (χ2v) is 6.88. The Morgan fingerprint density at radius 3 is 2.71 bits per heavy atom. The van der Waals surface area contributed by atoms with Gasteiger partial charge in [0.15, 0.2) is 0 Å². The number of hydrogen-bond acceptors (Lipinski definition) is 3. The van der Waals surface area contributed by atoms with E-state index in [1.807, 2.05) is 0 Å². The van der Waals surface area contributed by atoms with Crippen LogP contribution in [0.2, 0.25) is 0 Å². The van der Waals surface area contributed by atoms with E-state index in [0.717, 1.165) is 25.6 Å². The van der Waals surface area contributed by atoms with Gasteiger partial charge in [-0.2, -0.15) is 0 Å². The van der Waals surface area contributed by atoms with Crippen LogP contribution < -0.4 is 10.6 Å². The number of β-amino-alcohol motifs (C(OH)–C–C–N with tert-alkyl or cyclic N) is 1. The Morgan fingerprint density at radius 2 is 2.12 bits per heavy atom. The number of hydrogen-bond donors (Lipinski definition) is 3. The summed E-state index contributed by atoms with van der Waals surface area (Å²) in [4.78, 5) is 0. The van der Waals surface area contributed by atoms with E-state index < -0.39 is 0 Å². The standard InChI is InChI=1S/C14H28N2O/c1-10-6-14(2,3)5-4-12(10)16-8-11-7-15-9-13(11)17/h10-13,15-17H,4-9H2,1-3H3. The molecule has 0 amide bonds. The van der Waals surface area contributed by atoms with Crippen LogP contribution in [0, 0.1) is 17.3 Å². The number of nitrogens with one attached hydrogen (secondary N) is 2. The lowest BCUT2D eigenvalue weighted by Crippen LogP contribution is -2.44. The van der Waals surface area contributed by atoms with Crippen LogP contribution in [0.15, 0.2) is 0 Å². The smallest absolute Gasteiger partial charge is 0.0716 e. The Hall–Kier alpha value is -0.120. The molecule has 1 saturated carbocycles. The van der Waals surface area contributed by atoms with Gasteiger partial charge in [0.2, 0.25) is 0 Å². The molecular formula is C14H28N2O. The second-order valence-electron chi connectivity index (χ2n) is 6.88. The predicted molar refractivity (Wildman–Crippen MR) is 71.0 cm³/mol. The third-order valence-electron chi connectivity index (χ3n) is 4.64. The second kappa shape index (κ2) is 5.25. The Bertz CT molecular complexity index is 255. The third-order valence-corrected chi connectivity index (χ3v) is 4.64. The molecule has 0 radical (unpaired) electrons. The highest BCUT2D eigenvalue weighted by molar-refractivity contribution is 4.89. The Balaban J connectivity index is 1.76. The van der Waals surface area contributed by atoms with E-state index in [2.05, 4.69) is 31.4 Å². The lowest BCUT2D eigenvalue weighted by molar-refractivity contribution is 0.122. The number of rotatable bonds is 3. The first kappa shape index (κ1) is 13.3. The van der Waals surface area contributed by atoms with Crippen LogP contribution in [0.4, 0.5) is 0 Å². The largest absolute Gasteiger partial charge is 0.391 e. The highest BCUT2D eigenvalue weighted by Gasteiger charge is 2.33. The SMILES string of the molecule is CC1CC(C)(C)CCC1NCC1CNCC1O. The summed E-state index contributed by atoms with van der Waals surface area (Å²) < 4.78 is 0. The zero-order chi connectivity index (χ0) is 12.5. The first-order valence-corrected chi connectivity index (χ1v) is 7.10. The van der Waals surface area contributed by atoms with Crippen LogP contribution in [0.25, 0.3) is 0 Å². The van der Waals surface area contributed by atoms with Gasteiger partial charge in [-0.3, -0.25) is 0 Å². The fourth-order valence-electron chi connectivity index (χ4n) is 3.48. The first-order valence-electron chi connectivity index (χ1n) is 7.10. The summed E-state index contributed by atoms with van der Waals surface area (Å²) in [6.45, 7) is 9.81. The molecule has 0 bridgehead atoms. The van der Waals surface area contributed by atoms with Crippen molar-refractivity contribution in [3.63, 3.8) is 0 Å². The van der Waals surface area contributed by atoms with Crippen molar-refractivity contribution in [2.24, 2.45) is 17.3 Å². The monoisotopic (exact) mass is 240 g/mol. The van der Waals surface area contributed by atoms with E-state index in [9.17, 15) is 5.11 Å². The minimum absolute atomic E-state index is 0.155. The summed E-state index contributed by atoms with van der Waals surface area (Å²) in [5, 5.41) is 16.7. The maximum Gasteiger partial charge on any atom is 0.0716 e. The molecule has 1 saturated heterocycles. The quantitative estimate of drug-likeness (QED) is 0.698. The lowest BCUT2D eigenvalue weighted by atomic mass is 9.70. The van der Waals surface area contributed by atoms with Crippen LogP contribution >= 0.6 is 0 Å². The first-order chi connectivity index (χ1) is 7.98. The minimum Gasteiger partial charge on any atom is -0.391 e. The van der Waals surface area contributed by atoms with Gasteiger partial charge in [0.1, 0.15) is 0 Å². The fraction of sp³-hybridized carbons (Fsp3) is 1.00. The van der Waals surface area contributed by atoms with Crippen LogP contribution in [0.3, 0.4) is 0 Å². The van der Waals surface area contributed by atoms with E-state index in [0.29, 0.717) is 17.4 Å². The highest BCUT2D eigenvalue weighted by atomic mass is 16.3. The molecule has 4 unspecified atom stereocenters. The molecule has 0 aromatic rings. The van der Waals surface area contributed by atoms with Crippen molar-refractivity contribution in [2.75, 3.05) is 19.6 Å². The molecule has 0 aromatic heterocycles. The van der Waals surface area contributed by atoms with E-state index in [1.165, 1.54) is 19.3 Å². The van der Waals surface area contributed by atoms with Crippen LogP contribution in [-0.4, -0.2) is 36.9 Å². The van der Waals surface area contributed by atoms with Crippen LogP contribution in [0.5, 0.6) is 0 Å². The predicted octanol–water partition coefficient (Wildman–Crippen LogP) is 1.37. The summed E-state index contributed by atoms with van der Waals surface area (Å²) in [6.07, 6.45) is 3.76. The number of aliphatic hydroxyl groups is 1. The summed E-state index contributed by atoms with van der Waals surface area (Å²) in [5.74, 6) is 1.15.